The number of benzene rings is 1. The van der Waals surface area contributed by atoms with Crippen LogP contribution in [0.3, 0.4) is 0 Å². The molecule has 2 heterocycles. The standard InChI is InChI=1S/C15H21N3O/c1-11-17-14-3-2-13(10-15(14)19-11)12-4-7-18(8-5-12)9-6-16/h2-3,10,12H,4-9,16H2,1H3. The third kappa shape index (κ3) is 2.65. The van der Waals surface area contributed by atoms with Crippen LogP contribution in [0, 0.1) is 6.92 Å². The number of rotatable bonds is 3. The first-order valence-corrected chi connectivity index (χ1v) is 7.06. The number of likely N-dealkylation sites (tertiary alicyclic amines) is 1. The normalized spacial score (nSPS) is 18.2. The fourth-order valence-corrected chi connectivity index (χ4v) is 2.98. The number of fused-ring (bicyclic) bond motifs is 1. The van der Waals surface area contributed by atoms with Gasteiger partial charge in [0.25, 0.3) is 0 Å². The second kappa shape index (κ2) is 5.31. The van der Waals surface area contributed by atoms with Gasteiger partial charge in [-0.15, -0.1) is 0 Å². The largest absolute Gasteiger partial charge is 0.441 e. The summed E-state index contributed by atoms with van der Waals surface area (Å²) in [5.41, 5.74) is 8.87. The molecule has 1 aromatic heterocycles. The fraction of sp³-hybridized carbons (Fsp3) is 0.533. The summed E-state index contributed by atoms with van der Waals surface area (Å²) in [5.74, 6) is 1.38. The topological polar surface area (TPSA) is 55.3 Å². The van der Waals surface area contributed by atoms with Gasteiger partial charge in [0.05, 0.1) is 0 Å². The Hall–Kier alpha value is -1.39. The van der Waals surface area contributed by atoms with Gasteiger partial charge in [0.2, 0.25) is 0 Å². The molecule has 2 aromatic rings. The van der Waals surface area contributed by atoms with Crippen molar-refractivity contribution in [3.8, 4) is 0 Å². The van der Waals surface area contributed by atoms with Crippen molar-refractivity contribution < 1.29 is 4.42 Å². The zero-order chi connectivity index (χ0) is 13.2. The van der Waals surface area contributed by atoms with Gasteiger partial charge in [0, 0.05) is 20.0 Å². The first kappa shape index (κ1) is 12.6. The molecule has 4 heteroatoms. The van der Waals surface area contributed by atoms with Gasteiger partial charge in [-0.05, 0) is 49.5 Å². The van der Waals surface area contributed by atoms with Crippen molar-refractivity contribution in [2.45, 2.75) is 25.7 Å². The van der Waals surface area contributed by atoms with E-state index in [-0.39, 0.29) is 0 Å². The van der Waals surface area contributed by atoms with Gasteiger partial charge in [-0.25, -0.2) is 4.98 Å². The SMILES string of the molecule is Cc1nc2ccc(C3CCN(CCN)CC3)cc2o1. The predicted molar refractivity (Wildman–Crippen MR) is 76.2 cm³/mol. The molecular weight excluding hydrogens is 238 g/mol. The molecule has 0 atom stereocenters. The van der Waals surface area contributed by atoms with Crippen molar-refractivity contribution in [2.24, 2.45) is 5.73 Å². The summed E-state index contributed by atoms with van der Waals surface area (Å²) in [5, 5.41) is 0. The monoisotopic (exact) mass is 259 g/mol. The lowest BCUT2D eigenvalue weighted by Gasteiger charge is -2.31. The van der Waals surface area contributed by atoms with E-state index < -0.39 is 0 Å². The van der Waals surface area contributed by atoms with Crippen molar-refractivity contribution >= 4 is 11.1 Å². The minimum absolute atomic E-state index is 0.642. The Balaban J connectivity index is 1.74. The van der Waals surface area contributed by atoms with Crippen LogP contribution < -0.4 is 5.73 Å². The predicted octanol–water partition coefficient (Wildman–Crippen LogP) is 2.27. The third-order valence-electron chi connectivity index (χ3n) is 4.02. The number of oxazole rings is 1. The molecule has 0 saturated carbocycles. The Morgan fingerprint density at radius 1 is 1.37 bits per heavy atom. The molecule has 19 heavy (non-hydrogen) atoms. The van der Waals surface area contributed by atoms with Crippen LogP contribution in [0.15, 0.2) is 22.6 Å². The van der Waals surface area contributed by atoms with Crippen LogP contribution in [-0.2, 0) is 0 Å². The Bertz CT molecular complexity index is 556. The number of hydrogen-bond acceptors (Lipinski definition) is 4. The van der Waals surface area contributed by atoms with E-state index in [1.54, 1.807) is 0 Å². The zero-order valence-corrected chi connectivity index (χ0v) is 11.4. The van der Waals surface area contributed by atoms with Crippen LogP contribution in [0.5, 0.6) is 0 Å². The maximum atomic E-state index is 5.62. The second-order valence-corrected chi connectivity index (χ2v) is 5.36. The van der Waals surface area contributed by atoms with E-state index in [9.17, 15) is 0 Å². The van der Waals surface area contributed by atoms with Crippen LogP contribution in [0.1, 0.15) is 30.2 Å². The second-order valence-electron chi connectivity index (χ2n) is 5.36. The van der Waals surface area contributed by atoms with Gasteiger partial charge >= 0.3 is 0 Å². The van der Waals surface area contributed by atoms with Crippen LogP contribution in [-0.4, -0.2) is 36.1 Å². The molecule has 0 amide bonds. The molecule has 1 aliphatic rings. The van der Waals surface area contributed by atoms with Crippen molar-refractivity contribution in [3.63, 3.8) is 0 Å². The number of nitrogens with two attached hydrogens (primary N) is 1. The number of hydrogen-bond donors (Lipinski definition) is 1. The lowest BCUT2D eigenvalue weighted by atomic mass is 9.89. The summed E-state index contributed by atoms with van der Waals surface area (Å²) in [6, 6.07) is 6.44. The summed E-state index contributed by atoms with van der Waals surface area (Å²) < 4.78 is 5.62. The highest BCUT2D eigenvalue weighted by atomic mass is 16.3. The number of aromatic nitrogens is 1. The molecule has 1 aromatic carbocycles. The molecule has 4 nitrogen and oxygen atoms in total. The molecule has 0 bridgehead atoms. The van der Waals surface area contributed by atoms with E-state index >= 15 is 0 Å². The van der Waals surface area contributed by atoms with Crippen molar-refractivity contribution in [1.82, 2.24) is 9.88 Å². The smallest absolute Gasteiger partial charge is 0.192 e. The molecule has 0 spiro atoms. The van der Waals surface area contributed by atoms with Crippen LogP contribution >= 0.6 is 0 Å². The Morgan fingerprint density at radius 3 is 2.89 bits per heavy atom. The summed E-state index contributed by atoms with van der Waals surface area (Å²) >= 11 is 0. The minimum atomic E-state index is 0.642. The van der Waals surface area contributed by atoms with E-state index in [1.807, 2.05) is 6.92 Å². The van der Waals surface area contributed by atoms with E-state index in [0.717, 1.165) is 43.2 Å². The van der Waals surface area contributed by atoms with Crippen molar-refractivity contribution in [3.05, 3.63) is 29.7 Å². The average Bonchev–Trinajstić information content (AvgIpc) is 2.79. The minimum Gasteiger partial charge on any atom is -0.441 e. The highest BCUT2D eigenvalue weighted by Crippen LogP contribution is 2.30. The molecule has 102 valence electrons. The van der Waals surface area contributed by atoms with Crippen molar-refractivity contribution in [1.29, 1.82) is 0 Å². The summed E-state index contributed by atoms with van der Waals surface area (Å²) in [7, 11) is 0. The van der Waals surface area contributed by atoms with E-state index in [1.165, 1.54) is 18.4 Å². The summed E-state index contributed by atoms with van der Waals surface area (Å²) in [4.78, 5) is 6.80. The van der Waals surface area contributed by atoms with Gasteiger partial charge < -0.3 is 15.1 Å². The highest BCUT2D eigenvalue weighted by Gasteiger charge is 2.20. The Kier molecular flexibility index (Phi) is 3.53. The Labute approximate surface area is 113 Å². The van der Waals surface area contributed by atoms with Gasteiger partial charge in [0.1, 0.15) is 5.52 Å². The summed E-state index contributed by atoms with van der Waals surface area (Å²) in [6.45, 7) is 5.97. The average molecular weight is 259 g/mol. The number of piperidine rings is 1. The number of nitrogens with zero attached hydrogens (tertiary/aromatic N) is 2. The first-order valence-electron chi connectivity index (χ1n) is 7.06. The zero-order valence-electron chi connectivity index (χ0n) is 11.4. The molecule has 1 fully saturated rings. The molecule has 0 unspecified atom stereocenters. The molecule has 0 aliphatic carbocycles. The fourth-order valence-electron chi connectivity index (χ4n) is 2.98. The first-order chi connectivity index (χ1) is 9.26. The molecule has 3 rings (SSSR count). The van der Waals surface area contributed by atoms with Crippen LogP contribution in [0.4, 0.5) is 0 Å². The lowest BCUT2D eigenvalue weighted by molar-refractivity contribution is 0.218. The van der Waals surface area contributed by atoms with Crippen molar-refractivity contribution in [2.75, 3.05) is 26.2 Å². The molecule has 1 aliphatic heterocycles. The third-order valence-corrected chi connectivity index (χ3v) is 4.02. The van der Waals surface area contributed by atoms with Gasteiger partial charge in [-0.2, -0.15) is 0 Å². The van der Waals surface area contributed by atoms with E-state index in [0.29, 0.717) is 5.92 Å². The Morgan fingerprint density at radius 2 is 2.16 bits per heavy atom. The molecule has 2 N–H and O–H groups in total. The number of aryl methyl sites for hydroxylation is 1. The quantitative estimate of drug-likeness (QED) is 0.918. The van der Waals surface area contributed by atoms with E-state index in [4.69, 9.17) is 10.2 Å². The van der Waals surface area contributed by atoms with Gasteiger partial charge in [-0.3, -0.25) is 0 Å². The maximum Gasteiger partial charge on any atom is 0.192 e. The van der Waals surface area contributed by atoms with Crippen LogP contribution in [0.25, 0.3) is 11.1 Å². The van der Waals surface area contributed by atoms with Gasteiger partial charge in [-0.1, -0.05) is 6.07 Å². The summed E-state index contributed by atoms with van der Waals surface area (Å²) in [6.07, 6.45) is 2.41. The van der Waals surface area contributed by atoms with E-state index in [2.05, 4.69) is 28.1 Å². The maximum absolute atomic E-state index is 5.62. The molecule has 0 radical (unpaired) electrons. The molecular formula is C15H21N3O. The van der Waals surface area contributed by atoms with Gasteiger partial charge in [0.15, 0.2) is 11.5 Å². The van der Waals surface area contributed by atoms with Crippen LogP contribution in [0.2, 0.25) is 0 Å². The molecule has 1 saturated heterocycles. The lowest BCUT2D eigenvalue weighted by Crippen LogP contribution is -2.36. The highest BCUT2D eigenvalue weighted by molar-refractivity contribution is 5.73.